The number of ether oxygens (including phenoxy) is 1. The zero-order valence-corrected chi connectivity index (χ0v) is 13.7. The van der Waals surface area contributed by atoms with Gasteiger partial charge in [-0.1, -0.05) is 48.9 Å². The van der Waals surface area contributed by atoms with Crippen LogP contribution in [0.5, 0.6) is 5.75 Å². The van der Waals surface area contributed by atoms with Crippen LogP contribution in [0.1, 0.15) is 36.4 Å². The summed E-state index contributed by atoms with van der Waals surface area (Å²) in [5.74, 6) is 0.909. The van der Waals surface area contributed by atoms with E-state index in [2.05, 4.69) is 41.3 Å². The van der Waals surface area contributed by atoms with Gasteiger partial charge in [0.05, 0.1) is 0 Å². The molecule has 0 aliphatic carbocycles. The van der Waals surface area contributed by atoms with Gasteiger partial charge in [-0.2, -0.15) is 0 Å². The summed E-state index contributed by atoms with van der Waals surface area (Å²) in [6.07, 6.45) is 3.92. The molecule has 2 aromatic rings. The van der Waals surface area contributed by atoms with Crippen LogP contribution in [-0.4, -0.2) is 24.5 Å². The Morgan fingerprint density at radius 2 is 1.61 bits per heavy atom. The molecule has 0 bridgehead atoms. The van der Waals surface area contributed by atoms with Crippen molar-refractivity contribution in [2.45, 2.75) is 31.9 Å². The van der Waals surface area contributed by atoms with Crippen molar-refractivity contribution in [1.29, 1.82) is 0 Å². The van der Waals surface area contributed by atoms with Gasteiger partial charge >= 0.3 is 0 Å². The third-order valence-corrected chi connectivity index (χ3v) is 4.57. The Morgan fingerprint density at radius 3 is 2.26 bits per heavy atom. The van der Waals surface area contributed by atoms with Gasteiger partial charge in [0.15, 0.2) is 0 Å². The van der Waals surface area contributed by atoms with Gasteiger partial charge in [-0.25, -0.2) is 0 Å². The molecule has 2 N–H and O–H groups in total. The van der Waals surface area contributed by atoms with Crippen molar-refractivity contribution in [1.82, 2.24) is 4.90 Å². The summed E-state index contributed by atoms with van der Waals surface area (Å²) in [5, 5.41) is 0. The van der Waals surface area contributed by atoms with Gasteiger partial charge in [0.2, 0.25) is 0 Å². The SMILES string of the molecule is NC[C@H](c1ccc(OCc2ccccc2)cc1)N1CCCCC1. The standard InChI is InChI=1S/C20H26N2O/c21-15-20(22-13-5-2-6-14-22)18-9-11-19(12-10-18)23-16-17-7-3-1-4-8-17/h1,3-4,7-12,20H,2,5-6,13-16,21H2/t20-/m1/s1. The lowest BCUT2D eigenvalue weighted by molar-refractivity contribution is 0.167. The molecule has 0 amide bonds. The minimum absolute atomic E-state index is 0.332. The first-order valence-electron chi connectivity index (χ1n) is 8.57. The maximum Gasteiger partial charge on any atom is 0.119 e. The molecule has 1 aliphatic rings. The minimum atomic E-state index is 0.332. The third kappa shape index (κ3) is 4.34. The van der Waals surface area contributed by atoms with Crippen molar-refractivity contribution >= 4 is 0 Å². The van der Waals surface area contributed by atoms with E-state index in [1.54, 1.807) is 0 Å². The summed E-state index contributed by atoms with van der Waals surface area (Å²) in [6, 6.07) is 19.0. The van der Waals surface area contributed by atoms with Crippen LogP contribution in [0.3, 0.4) is 0 Å². The smallest absolute Gasteiger partial charge is 0.119 e. The molecule has 0 unspecified atom stereocenters. The number of piperidine rings is 1. The first kappa shape index (κ1) is 16.0. The van der Waals surface area contributed by atoms with Crippen molar-refractivity contribution in [3.05, 3.63) is 65.7 Å². The van der Waals surface area contributed by atoms with E-state index < -0.39 is 0 Å². The third-order valence-electron chi connectivity index (χ3n) is 4.57. The Balaban J connectivity index is 1.61. The summed E-state index contributed by atoms with van der Waals surface area (Å²) < 4.78 is 5.86. The second kappa shape index (κ2) is 8.14. The zero-order valence-electron chi connectivity index (χ0n) is 13.7. The summed E-state index contributed by atoms with van der Waals surface area (Å²) in [4.78, 5) is 2.52. The van der Waals surface area contributed by atoms with E-state index in [-0.39, 0.29) is 0 Å². The van der Waals surface area contributed by atoms with Gasteiger partial charge in [-0.15, -0.1) is 0 Å². The molecule has 0 saturated carbocycles. The van der Waals surface area contributed by atoms with Crippen LogP contribution < -0.4 is 10.5 Å². The molecule has 1 heterocycles. The van der Waals surface area contributed by atoms with E-state index in [1.165, 1.54) is 30.4 Å². The van der Waals surface area contributed by atoms with Crippen LogP contribution in [0.25, 0.3) is 0 Å². The molecule has 1 saturated heterocycles. The van der Waals surface area contributed by atoms with Crippen molar-refractivity contribution < 1.29 is 4.74 Å². The number of rotatable bonds is 6. The van der Waals surface area contributed by atoms with Gasteiger partial charge in [0.1, 0.15) is 12.4 Å². The number of hydrogen-bond acceptors (Lipinski definition) is 3. The van der Waals surface area contributed by atoms with Crippen molar-refractivity contribution in [3.63, 3.8) is 0 Å². The molecule has 1 aliphatic heterocycles. The highest BCUT2D eigenvalue weighted by Gasteiger charge is 2.20. The quantitative estimate of drug-likeness (QED) is 0.883. The average molecular weight is 310 g/mol. The lowest BCUT2D eigenvalue weighted by Gasteiger charge is -2.34. The summed E-state index contributed by atoms with van der Waals surface area (Å²) in [5.41, 5.74) is 8.51. The highest BCUT2D eigenvalue weighted by molar-refractivity contribution is 5.30. The Morgan fingerprint density at radius 1 is 0.913 bits per heavy atom. The van der Waals surface area contributed by atoms with Crippen molar-refractivity contribution in [2.24, 2.45) is 5.73 Å². The van der Waals surface area contributed by atoms with Crippen LogP contribution in [0, 0.1) is 0 Å². The van der Waals surface area contributed by atoms with E-state index in [0.717, 1.165) is 18.8 Å². The lowest BCUT2D eigenvalue weighted by atomic mass is 10.0. The van der Waals surface area contributed by atoms with E-state index in [1.807, 2.05) is 18.2 Å². The normalized spacial score (nSPS) is 16.9. The predicted octanol–water partition coefficient (Wildman–Crippen LogP) is 3.75. The molecule has 3 nitrogen and oxygen atoms in total. The number of benzene rings is 2. The molecule has 2 aromatic carbocycles. The van der Waals surface area contributed by atoms with E-state index in [9.17, 15) is 0 Å². The van der Waals surface area contributed by atoms with E-state index in [0.29, 0.717) is 19.2 Å². The molecular formula is C20H26N2O. The molecule has 0 aromatic heterocycles. The van der Waals surface area contributed by atoms with Crippen molar-refractivity contribution in [3.8, 4) is 5.75 Å². The van der Waals surface area contributed by atoms with Crippen LogP contribution in [-0.2, 0) is 6.61 Å². The fourth-order valence-electron chi connectivity index (χ4n) is 3.25. The van der Waals surface area contributed by atoms with Crippen LogP contribution in [0.4, 0.5) is 0 Å². The number of likely N-dealkylation sites (tertiary alicyclic amines) is 1. The summed E-state index contributed by atoms with van der Waals surface area (Å²) in [7, 11) is 0. The molecule has 3 heteroatoms. The number of nitrogens with two attached hydrogens (primary N) is 1. The zero-order chi connectivity index (χ0) is 15.9. The Kier molecular flexibility index (Phi) is 5.67. The molecule has 3 rings (SSSR count). The van der Waals surface area contributed by atoms with Gasteiger partial charge < -0.3 is 10.5 Å². The Hall–Kier alpha value is -1.84. The second-order valence-electron chi connectivity index (χ2n) is 6.19. The van der Waals surface area contributed by atoms with Gasteiger partial charge in [-0.3, -0.25) is 4.90 Å². The van der Waals surface area contributed by atoms with Gasteiger partial charge in [0.25, 0.3) is 0 Å². The monoisotopic (exact) mass is 310 g/mol. The maximum absolute atomic E-state index is 6.04. The number of nitrogens with zero attached hydrogens (tertiary/aromatic N) is 1. The number of hydrogen-bond donors (Lipinski definition) is 1. The molecule has 23 heavy (non-hydrogen) atoms. The second-order valence-corrected chi connectivity index (χ2v) is 6.19. The molecule has 1 atom stereocenters. The van der Waals surface area contributed by atoms with Gasteiger partial charge in [-0.05, 0) is 49.2 Å². The molecule has 0 spiro atoms. The van der Waals surface area contributed by atoms with Crippen LogP contribution in [0.15, 0.2) is 54.6 Å². The fourth-order valence-corrected chi connectivity index (χ4v) is 3.25. The molecule has 122 valence electrons. The average Bonchev–Trinajstić information content (AvgIpc) is 2.63. The van der Waals surface area contributed by atoms with E-state index >= 15 is 0 Å². The first-order valence-corrected chi connectivity index (χ1v) is 8.57. The Bertz CT molecular complexity index is 576. The Labute approximate surface area is 139 Å². The lowest BCUT2D eigenvalue weighted by Crippen LogP contribution is -2.37. The molecular weight excluding hydrogens is 284 g/mol. The van der Waals surface area contributed by atoms with E-state index in [4.69, 9.17) is 10.5 Å². The maximum atomic E-state index is 6.04. The molecule has 1 fully saturated rings. The summed E-state index contributed by atoms with van der Waals surface area (Å²) in [6.45, 7) is 3.60. The predicted molar refractivity (Wildman–Crippen MR) is 94.4 cm³/mol. The highest BCUT2D eigenvalue weighted by atomic mass is 16.5. The highest BCUT2D eigenvalue weighted by Crippen LogP contribution is 2.25. The molecule has 0 radical (unpaired) electrons. The van der Waals surface area contributed by atoms with Crippen LogP contribution >= 0.6 is 0 Å². The minimum Gasteiger partial charge on any atom is -0.489 e. The largest absolute Gasteiger partial charge is 0.489 e. The van der Waals surface area contributed by atoms with Gasteiger partial charge in [0, 0.05) is 12.6 Å². The first-order chi connectivity index (χ1) is 11.4. The van der Waals surface area contributed by atoms with Crippen molar-refractivity contribution in [2.75, 3.05) is 19.6 Å². The fraction of sp³-hybridized carbons (Fsp3) is 0.400. The summed E-state index contributed by atoms with van der Waals surface area (Å²) >= 11 is 0. The topological polar surface area (TPSA) is 38.5 Å². The van der Waals surface area contributed by atoms with Crippen LogP contribution in [0.2, 0.25) is 0 Å².